The van der Waals surface area contributed by atoms with Gasteiger partial charge in [0, 0.05) is 21.8 Å². The molecule has 0 spiro atoms. The van der Waals surface area contributed by atoms with Crippen molar-refractivity contribution in [2.24, 2.45) is 21.7 Å². The highest BCUT2D eigenvalue weighted by Crippen LogP contribution is 2.43. The largest absolute Gasteiger partial charge is 0.465 e. The molecule has 0 fully saturated rings. The van der Waals surface area contributed by atoms with Crippen LogP contribution in [0.15, 0.2) is 46.6 Å². The second-order valence-electron chi connectivity index (χ2n) is 12.0. The smallest absolute Gasteiger partial charge is 0.193 e. The van der Waals surface area contributed by atoms with E-state index in [0.717, 1.165) is 11.5 Å². The van der Waals surface area contributed by atoms with Crippen LogP contribution in [-0.4, -0.2) is 5.71 Å². The lowest BCUT2D eigenvalue weighted by molar-refractivity contribution is -0.374. The van der Waals surface area contributed by atoms with Crippen molar-refractivity contribution in [3.63, 3.8) is 0 Å². The Kier molecular flexibility index (Phi) is 5.23. The molecule has 0 bridgehead atoms. The number of nitrogens with one attached hydrogen (secondary N) is 1. The fraction of sp³-hybridized carbons (Fsp3) is 0.640. The molecule has 2 aliphatic rings. The minimum absolute atomic E-state index is 0.0373. The number of hydrogen-bond donors (Lipinski definition) is 1. The van der Waals surface area contributed by atoms with E-state index in [-0.39, 0.29) is 21.7 Å². The molecular formula is C25H40NO+. The van der Waals surface area contributed by atoms with Gasteiger partial charge in [0.25, 0.3) is 0 Å². The molecule has 0 atom stereocenters. The number of ether oxygens (including phenoxy) is 1. The molecule has 2 heterocycles. The van der Waals surface area contributed by atoms with Gasteiger partial charge in [0.1, 0.15) is 11.5 Å². The van der Waals surface area contributed by atoms with Crippen LogP contribution in [0.4, 0.5) is 0 Å². The summed E-state index contributed by atoms with van der Waals surface area (Å²) >= 11 is 0. The van der Waals surface area contributed by atoms with Crippen molar-refractivity contribution in [2.45, 2.75) is 83.1 Å². The maximum Gasteiger partial charge on any atom is 0.193 e. The first-order valence-corrected chi connectivity index (χ1v) is 10.1. The maximum absolute atomic E-state index is 6.39. The van der Waals surface area contributed by atoms with Gasteiger partial charge in [-0.1, -0.05) is 83.1 Å². The van der Waals surface area contributed by atoms with Gasteiger partial charge >= 0.3 is 0 Å². The van der Waals surface area contributed by atoms with E-state index in [1.165, 1.54) is 22.4 Å². The molecule has 0 aliphatic carbocycles. The molecule has 2 rings (SSSR count). The Labute approximate surface area is 167 Å². The van der Waals surface area contributed by atoms with Crippen LogP contribution in [0.1, 0.15) is 83.1 Å². The lowest BCUT2D eigenvalue weighted by atomic mass is 9.74. The first kappa shape index (κ1) is 21.7. The van der Waals surface area contributed by atoms with Crippen molar-refractivity contribution in [2.75, 3.05) is 0 Å². The molecule has 0 aromatic rings. The van der Waals surface area contributed by atoms with Crippen LogP contribution in [0.2, 0.25) is 0 Å². The molecule has 0 unspecified atom stereocenters. The van der Waals surface area contributed by atoms with Crippen molar-refractivity contribution in [3.8, 4) is 0 Å². The molecule has 0 saturated carbocycles. The number of allylic oxidation sites excluding steroid dienone is 7. The molecule has 0 aromatic heterocycles. The highest BCUT2D eigenvalue weighted by Gasteiger charge is 2.41. The van der Waals surface area contributed by atoms with E-state index in [9.17, 15) is 0 Å². The van der Waals surface area contributed by atoms with Gasteiger partial charge in [-0.3, -0.25) is 0 Å². The fourth-order valence-electron chi connectivity index (χ4n) is 3.29. The van der Waals surface area contributed by atoms with Gasteiger partial charge in [0.2, 0.25) is 0 Å². The molecule has 2 heteroatoms. The van der Waals surface area contributed by atoms with Crippen LogP contribution >= 0.6 is 0 Å². The molecule has 0 saturated heterocycles. The summed E-state index contributed by atoms with van der Waals surface area (Å²) in [5.41, 5.74) is 5.25. The normalized spacial score (nSPS) is 19.4. The van der Waals surface area contributed by atoms with E-state index in [1.807, 2.05) is 0 Å². The highest BCUT2D eigenvalue weighted by molar-refractivity contribution is 6.06. The minimum Gasteiger partial charge on any atom is -0.465 e. The van der Waals surface area contributed by atoms with Gasteiger partial charge in [-0.25, -0.2) is 4.99 Å². The summed E-state index contributed by atoms with van der Waals surface area (Å²) in [6.07, 6.45) is 6.71. The average molecular weight is 371 g/mol. The zero-order valence-electron chi connectivity index (χ0n) is 19.6. The average Bonchev–Trinajstić information content (AvgIpc) is 2.89. The summed E-state index contributed by atoms with van der Waals surface area (Å²) in [7, 11) is 0. The van der Waals surface area contributed by atoms with E-state index in [1.54, 1.807) is 0 Å². The summed E-state index contributed by atoms with van der Waals surface area (Å²) in [5.74, 6) is 2.07. The van der Waals surface area contributed by atoms with Crippen LogP contribution in [-0.2, 0) is 4.74 Å². The predicted molar refractivity (Wildman–Crippen MR) is 116 cm³/mol. The summed E-state index contributed by atoms with van der Waals surface area (Å²) < 4.78 is 6.39. The Morgan fingerprint density at radius 2 is 1.07 bits per heavy atom. The summed E-state index contributed by atoms with van der Waals surface area (Å²) in [6.45, 7) is 27.0. The summed E-state index contributed by atoms with van der Waals surface area (Å²) in [5, 5.41) is 0. The van der Waals surface area contributed by atoms with Gasteiger partial charge in [-0.15, -0.1) is 0 Å². The van der Waals surface area contributed by atoms with Crippen LogP contribution in [0.5, 0.6) is 0 Å². The quantitative estimate of drug-likeness (QED) is 0.582. The summed E-state index contributed by atoms with van der Waals surface area (Å²) in [6, 6.07) is 0. The molecule has 0 amide bonds. The number of rotatable bonds is 0. The monoisotopic (exact) mass is 370 g/mol. The topological polar surface area (TPSA) is 23.2 Å². The standard InChI is InChI=1S/C25H39NO/c1-22(2,3)17-15-26-21(25(10,11)12)20(17)16-13-18(23(4,5)6)27-19(14-16)24(7,8)9/h13-15H,1-12H3/p+1. The second kappa shape index (κ2) is 6.50. The van der Waals surface area contributed by atoms with Gasteiger partial charge in [-0.2, -0.15) is 0 Å². The van der Waals surface area contributed by atoms with E-state index >= 15 is 0 Å². The lowest BCUT2D eigenvalue weighted by Gasteiger charge is -2.33. The molecule has 1 N–H and O–H groups in total. The second-order valence-corrected chi connectivity index (χ2v) is 12.0. The molecule has 27 heavy (non-hydrogen) atoms. The van der Waals surface area contributed by atoms with Crippen molar-refractivity contribution in [1.82, 2.24) is 0 Å². The Morgan fingerprint density at radius 1 is 0.630 bits per heavy atom. The molecule has 150 valence electrons. The van der Waals surface area contributed by atoms with E-state index < -0.39 is 0 Å². The van der Waals surface area contributed by atoms with Crippen LogP contribution in [0.3, 0.4) is 0 Å². The molecular weight excluding hydrogens is 330 g/mol. The Balaban J connectivity index is 2.82. The third-order valence-electron chi connectivity index (χ3n) is 5.00. The zero-order valence-corrected chi connectivity index (χ0v) is 19.6. The molecule has 0 radical (unpaired) electrons. The summed E-state index contributed by atoms with van der Waals surface area (Å²) in [4.78, 5) is 3.61. The van der Waals surface area contributed by atoms with Crippen LogP contribution in [0, 0.1) is 21.7 Å². The van der Waals surface area contributed by atoms with Crippen LogP contribution in [0.25, 0.3) is 0 Å². The van der Waals surface area contributed by atoms with Gasteiger partial charge < -0.3 is 4.74 Å². The zero-order chi connectivity index (χ0) is 21.0. The van der Waals surface area contributed by atoms with Crippen LogP contribution < -0.4 is 4.99 Å². The highest BCUT2D eigenvalue weighted by atomic mass is 16.5. The Hall–Kier alpha value is -1.57. The van der Waals surface area contributed by atoms with Crippen molar-refractivity contribution in [1.29, 1.82) is 0 Å². The SMILES string of the molecule is CC(C)(C)C1=CC(=C2C(C(C)(C)C)=C[NH+]=C2C(C)(C)C)C=C(C(C)(C)C)O1. The van der Waals surface area contributed by atoms with Crippen molar-refractivity contribution in [3.05, 3.63) is 46.6 Å². The maximum atomic E-state index is 6.39. The van der Waals surface area contributed by atoms with Gasteiger partial charge in [-0.05, 0) is 23.1 Å². The first-order valence-electron chi connectivity index (χ1n) is 10.1. The van der Waals surface area contributed by atoms with E-state index in [0.29, 0.717) is 0 Å². The van der Waals surface area contributed by atoms with Crippen molar-refractivity contribution >= 4 is 5.71 Å². The number of hydrogen-bond acceptors (Lipinski definition) is 1. The predicted octanol–water partition coefficient (Wildman–Crippen LogP) is 5.68. The third-order valence-corrected chi connectivity index (χ3v) is 5.00. The fourth-order valence-corrected chi connectivity index (χ4v) is 3.29. The van der Waals surface area contributed by atoms with Gasteiger partial charge in [0.15, 0.2) is 11.9 Å². The lowest BCUT2D eigenvalue weighted by Crippen LogP contribution is -2.67. The molecule has 2 nitrogen and oxygen atoms in total. The van der Waals surface area contributed by atoms with E-state index in [4.69, 9.17) is 4.74 Å². The van der Waals surface area contributed by atoms with Gasteiger partial charge in [0.05, 0.1) is 5.57 Å². The first-order chi connectivity index (χ1) is 11.9. The Bertz CT molecular complexity index is 706. The third kappa shape index (κ3) is 4.65. The Morgan fingerprint density at radius 3 is 1.41 bits per heavy atom. The minimum atomic E-state index is -0.0455. The van der Waals surface area contributed by atoms with E-state index in [2.05, 4.69) is 106 Å². The van der Waals surface area contributed by atoms with Crippen molar-refractivity contribution < 1.29 is 9.73 Å². The molecule has 0 aromatic carbocycles. The molecule has 2 aliphatic heterocycles.